The van der Waals surface area contributed by atoms with Crippen LogP contribution in [0.2, 0.25) is 0 Å². The second-order valence-corrected chi connectivity index (χ2v) is 9.96. The zero-order valence-corrected chi connectivity index (χ0v) is 22.3. The summed E-state index contributed by atoms with van der Waals surface area (Å²) in [6.45, 7) is 3.88. The van der Waals surface area contributed by atoms with Crippen molar-refractivity contribution in [1.29, 1.82) is 0 Å². The molecule has 0 unspecified atom stereocenters. The molecule has 10 heteroatoms. The lowest BCUT2D eigenvalue weighted by atomic mass is 9.93. The Morgan fingerprint density at radius 1 is 1.05 bits per heavy atom. The molecule has 1 amide bonds. The molecule has 0 aromatic heterocycles. The fourth-order valence-corrected chi connectivity index (χ4v) is 6.06. The number of halogens is 1. The van der Waals surface area contributed by atoms with Gasteiger partial charge in [-0.15, -0.1) is 0 Å². The predicted molar refractivity (Wildman–Crippen MR) is 145 cm³/mol. The Balaban J connectivity index is 1.37. The molecule has 0 bridgehead atoms. The lowest BCUT2D eigenvalue weighted by Crippen LogP contribution is -2.49. The van der Waals surface area contributed by atoms with E-state index in [1.54, 1.807) is 26.2 Å². The highest BCUT2D eigenvalue weighted by atomic mass is 32.2. The number of allylic oxidation sites excluding steroid dienone is 1. The van der Waals surface area contributed by atoms with Gasteiger partial charge in [0.15, 0.2) is 5.17 Å². The highest BCUT2D eigenvalue weighted by Crippen LogP contribution is 2.47. The van der Waals surface area contributed by atoms with Crippen LogP contribution in [0.15, 0.2) is 75.9 Å². The summed E-state index contributed by atoms with van der Waals surface area (Å²) in [6, 6.07) is 13.7. The second kappa shape index (κ2) is 10.9. The van der Waals surface area contributed by atoms with E-state index in [0.29, 0.717) is 54.1 Å². The Hall–Kier alpha value is -3.79. The largest absolute Gasteiger partial charge is 0.496 e. The first-order chi connectivity index (χ1) is 18.4. The average molecular weight is 537 g/mol. The van der Waals surface area contributed by atoms with Gasteiger partial charge in [0.05, 0.1) is 43.6 Å². The molecule has 1 atom stereocenters. The number of carbonyl (C=O) groups excluding carboxylic acids is 2. The van der Waals surface area contributed by atoms with E-state index in [4.69, 9.17) is 9.47 Å². The molecule has 1 fully saturated rings. The summed E-state index contributed by atoms with van der Waals surface area (Å²) in [6.07, 6.45) is 0.144. The molecule has 0 aliphatic carbocycles. The van der Waals surface area contributed by atoms with E-state index in [2.05, 4.69) is 4.99 Å². The maximum atomic E-state index is 14.2. The van der Waals surface area contributed by atoms with Crippen LogP contribution in [0.25, 0.3) is 0 Å². The zero-order chi connectivity index (χ0) is 26.8. The number of amidine groups is 1. The van der Waals surface area contributed by atoms with Crippen molar-refractivity contribution in [3.63, 3.8) is 0 Å². The van der Waals surface area contributed by atoms with Crippen LogP contribution >= 0.6 is 11.8 Å². The molecule has 5 rings (SSSR count). The maximum Gasteiger partial charge on any atom is 0.338 e. The topological polar surface area (TPSA) is 74.7 Å². The zero-order valence-electron chi connectivity index (χ0n) is 21.5. The summed E-state index contributed by atoms with van der Waals surface area (Å²) in [7, 11) is 2.94. The van der Waals surface area contributed by atoms with Crippen molar-refractivity contribution in [3.8, 4) is 5.75 Å². The molecule has 2 aromatic rings. The van der Waals surface area contributed by atoms with Crippen molar-refractivity contribution in [2.45, 2.75) is 19.4 Å². The highest BCUT2D eigenvalue weighted by Gasteiger charge is 2.42. The number of piperazine rings is 1. The van der Waals surface area contributed by atoms with Gasteiger partial charge in [-0.2, -0.15) is 0 Å². The molecule has 0 saturated carbocycles. The number of anilines is 1. The monoisotopic (exact) mass is 536 g/mol. The summed E-state index contributed by atoms with van der Waals surface area (Å²) in [5.41, 5.74) is 3.05. The number of carbonyl (C=O) groups is 2. The van der Waals surface area contributed by atoms with Crippen LogP contribution in [0, 0.1) is 5.82 Å². The third-order valence-electron chi connectivity index (χ3n) is 7.00. The highest BCUT2D eigenvalue weighted by molar-refractivity contribution is 8.16. The van der Waals surface area contributed by atoms with E-state index in [9.17, 15) is 14.0 Å². The van der Waals surface area contributed by atoms with Crippen molar-refractivity contribution < 1.29 is 23.5 Å². The van der Waals surface area contributed by atoms with Crippen LogP contribution in [0.1, 0.15) is 24.9 Å². The molecule has 0 N–H and O–H groups in total. The molecule has 8 nitrogen and oxygen atoms in total. The van der Waals surface area contributed by atoms with Gasteiger partial charge < -0.3 is 24.2 Å². The standard InChI is InChI=1S/C28H29FN4O4S/c1-18-25(27(35)37-3)26(20-8-4-7-11-23(20)36-2)33-19(17-38-28(33)30-18)16-24(34)32-14-12-31(13-15-32)22-10-6-5-9-21(22)29/h4-11,17,26H,12-16H2,1-3H3/t26-/m0/s1. The number of thioether (sulfide) groups is 1. The Kier molecular flexibility index (Phi) is 7.42. The van der Waals surface area contributed by atoms with Crippen molar-refractivity contribution in [1.82, 2.24) is 9.80 Å². The number of hydrogen-bond donors (Lipinski definition) is 0. The van der Waals surface area contributed by atoms with Crippen LogP contribution in [0.4, 0.5) is 10.1 Å². The van der Waals surface area contributed by atoms with Crippen LogP contribution in [0.3, 0.4) is 0 Å². The Morgan fingerprint density at radius 3 is 2.47 bits per heavy atom. The first-order valence-electron chi connectivity index (χ1n) is 12.4. The molecule has 38 heavy (non-hydrogen) atoms. The number of para-hydroxylation sites is 2. The van der Waals surface area contributed by atoms with Crippen LogP contribution in [0.5, 0.6) is 5.75 Å². The van der Waals surface area contributed by atoms with E-state index < -0.39 is 12.0 Å². The minimum Gasteiger partial charge on any atom is -0.496 e. The fourth-order valence-electron chi connectivity index (χ4n) is 5.10. The quantitative estimate of drug-likeness (QED) is 0.509. The van der Waals surface area contributed by atoms with E-state index in [1.165, 1.54) is 24.9 Å². The summed E-state index contributed by atoms with van der Waals surface area (Å²) in [5, 5.41) is 2.61. The normalized spacial score (nSPS) is 19.2. The number of esters is 1. The van der Waals surface area contributed by atoms with Gasteiger partial charge in [0.1, 0.15) is 11.6 Å². The van der Waals surface area contributed by atoms with Crippen molar-refractivity contribution in [3.05, 3.63) is 82.3 Å². The van der Waals surface area contributed by atoms with E-state index in [0.717, 1.165) is 11.3 Å². The number of rotatable bonds is 6. The van der Waals surface area contributed by atoms with E-state index in [1.807, 2.05) is 50.4 Å². The number of amides is 1. The molecule has 0 radical (unpaired) electrons. The lowest BCUT2D eigenvalue weighted by Gasteiger charge is -2.38. The first kappa shape index (κ1) is 25.8. The summed E-state index contributed by atoms with van der Waals surface area (Å²) in [4.78, 5) is 36.8. The molecule has 0 spiro atoms. The van der Waals surface area contributed by atoms with Crippen molar-refractivity contribution in [2.24, 2.45) is 4.99 Å². The van der Waals surface area contributed by atoms with E-state index >= 15 is 0 Å². The van der Waals surface area contributed by atoms with Gasteiger partial charge in [0.2, 0.25) is 5.91 Å². The number of benzene rings is 2. The maximum absolute atomic E-state index is 14.2. The number of aliphatic imine (C=N–C) groups is 1. The van der Waals surface area contributed by atoms with Crippen LogP contribution < -0.4 is 9.64 Å². The molecule has 198 valence electrons. The van der Waals surface area contributed by atoms with Crippen LogP contribution in [-0.2, 0) is 14.3 Å². The summed E-state index contributed by atoms with van der Waals surface area (Å²) < 4.78 is 25.0. The molecule has 1 saturated heterocycles. The Labute approximate surface area is 225 Å². The van der Waals surface area contributed by atoms with Gasteiger partial charge in [0, 0.05) is 37.4 Å². The van der Waals surface area contributed by atoms with Gasteiger partial charge in [-0.25, -0.2) is 14.2 Å². The summed E-state index contributed by atoms with van der Waals surface area (Å²) >= 11 is 1.43. The van der Waals surface area contributed by atoms with Gasteiger partial charge in [-0.3, -0.25) is 4.79 Å². The van der Waals surface area contributed by atoms with Gasteiger partial charge in [-0.1, -0.05) is 42.1 Å². The average Bonchev–Trinajstić information content (AvgIpc) is 3.33. The molecule has 3 heterocycles. The Bertz CT molecular complexity index is 1350. The lowest BCUT2D eigenvalue weighted by molar-refractivity contribution is -0.136. The Morgan fingerprint density at radius 2 is 1.76 bits per heavy atom. The molecule has 3 aliphatic rings. The minimum absolute atomic E-state index is 0.0315. The number of nitrogens with zero attached hydrogens (tertiary/aromatic N) is 4. The molecule has 3 aliphatic heterocycles. The number of hydrogen-bond acceptors (Lipinski definition) is 8. The molecule has 2 aromatic carbocycles. The van der Waals surface area contributed by atoms with Gasteiger partial charge in [0.25, 0.3) is 0 Å². The number of fused-ring (bicyclic) bond motifs is 1. The smallest absolute Gasteiger partial charge is 0.338 e. The van der Waals surface area contributed by atoms with Crippen LogP contribution in [-0.4, -0.2) is 67.2 Å². The number of methoxy groups -OCH3 is 2. The third kappa shape index (κ3) is 4.76. The van der Waals surface area contributed by atoms with Crippen molar-refractivity contribution >= 4 is 34.5 Å². The van der Waals surface area contributed by atoms with Crippen molar-refractivity contribution in [2.75, 3.05) is 45.3 Å². The van der Waals surface area contributed by atoms with Gasteiger partial charge >= 0.3 is 5.97 Å². The second-order valence-electron chi connectivity index (χ2n) is 9.12. The number of ether oxygens (including phenoxy) is 2. The van der Waals surface area contributed by atoms with E-state index in [-0.39, 0.29) is 18.1 Å². The van der Waals surface area contributed by atoms with Gasteiger partial charge in [-0.05, 0) is 30.5 Å². The fraction of sp³-hybridized carbons (Fsp3) is 0.321. The SMILES string of the molecule is COC(=O)C1=C(C)N=C2SC=C(CC(=O)N3CCN(c4ccccc4F)CC3)N2[C@H]1c1ccccc1OC. The first-order valence-corrected chi connectivity index (χ1v) is 13.2. The molecular weight excluding hydrogens is 507 g/mol. The summed E-state index contributed by atoms with van der Waals surface area (Å²) in [5.74, 6) is -0.145. The molecular formula is C28H29FN4O4S. The predicted octanol–water partition coefficient (Wildman–Crippen LogP) is 4.32. The minimum atomic E-state index is -0.557. The third-order valence-corrected chi connectivity index (χ3v) is 7.89.